The third-order valence-electron chi connectivity index (χ3n) is 3.59. The second-order valence-corrected chi connectivity index (χ2v) is 5.80. The molecule has 2 aromatic carbocycles. The Morgan fingerprint density at radius 2 is 1.86 bits per heavy atom. The Morgan fingerprint density at radius 1 is 0.952 bits per heavy atom. The molecule has 0 N–H and O–H groups in total. The number of hydrogen-bond acceptors (Lipinski definition) is 3. The molecule has 0 unspecified atom stereocenters. The normalized spacial score (nSPS) is 11.0. The Labute approximate surface area is 125 Å². The number of carbonyl (C=O) groups is 1. The molecule has 2 heterocycles. The van der Waals surface area contributed by atoms with Gasteiger partial charge in [-0.2, -0.15) is 0 Å². The van der Waals surface area contributed by atoms with Gasteiger partial charge in [0.2, 0.25) is 0 Å². The van der Waals surface area contributed by atoms with Crippen molar-refractivity contribution >= 4 is 38.1 Å². The number of carbonyl (C=O) groups excluding carboxylic acids is 1. The molecule has 0 bridgehead atoms. The number of pyridine rings is 1. The number of benzene rings is 2. The summed E-state index contributed by atoms with van der Waals surface area (Å²) in [4.78, 5) is 17.1. The van der Waals surface area contributed by atoms with Crippen LogP contribution in [-0.2, 0) is 0 Å². The van der Waals surface area contributed by atoms with Crippen LogP contribution in [0.5, 0.6) is 0 Å². The number of ketones is 1. The quantitative estimate of drug-likeness (QED) is 0.501. The molecule has 21 heavy (non-hydrogen) atoms. The van der Waals surface area contributed by atoms with Gasteiger partial charge in [-0.25, -0.2) is 0 Å². The van der Waals surface area contributed by atoms with Gasteiger partial charge in [-0.3, -0.25) is 9.78 Å². The molecule has 0 fully saturated rings. The molecule has 0 amide bonds. The fourth-order valence-electron chi connectivity index (χ4n) is 2.54. The largest absolute Gasteiger partial charge is 0.289 e. The molecule has 0 atom stereocenters. The van der Waals surface area contributed by atoms with Crippen LogP contribution in [0, 0.1) is 0 Å². The van der Waals surface area contributed by atoms with E-state index in [0.29, 0.717) is 5.56 Å². The predicted molar refractivity (Wildman–Crippen MR) is 87.0 cm³/mol. The highest BCUT2D eigenvalue weighted by atomic mass is 32.1. The highest BCUT2D eigenvalue weighted by Gasteiger charge is 2.13. The van der Waals surface area contributed by atoms with Crippen molar-refractivity contribution in [2.75, 3.05) is 0 Å². The summed E-state index contributed by atoms with van der Waals surface area (Å²) >= 11 is 1.61. The Bertz CT molecular complexity index is 971. The fraction of sp³-hybridized carbons (Fsp3) is 0. The van der Waals surface area contributed by atoms with Gasteiger partial charge in [0.25, 0.3) is 0 Å². The summed E-state index contributed by atoms with van der Waals surface area (Å²) in [5.74, 6) is 0.0637. The molecule has 4 rings (SSSR count). The summed E-state index contributed by atoms with van der Waals surface area (Å²) < 4.78 is 1.05. The second-order valence-electron chi connectivity index (χ2n) is 4.88. The van der Waals surface area contributed by atoms with E-state index in [9.17, 15) is 4.79 Å². The molecule has 3 heteroatoms. The van der Waals surface area contributed by atoms with Crippen LogP contribution < -0.4 is 0 Å². The van der Waals surface area contributed by atoms with E-state index in [4.69, 9.17) is 0 Å². The van der Waals surface area contributed by atoms with Crippen LogP contribution in [0.15, 0.2) is 66.2 Å². The number of fused-ring (bicyclic) bond motifs is 2. The van der Waals surface area contributed by atoms with E-state index in [-0.39, 0.29) is 5.78 Å². The number of aromatic nitrogens is 1. The Morgan fingerprint density at radius 3 is 2.81 bits per heavy atom. The molecular formula is C18H11NOS. The number of rotatable bonds is 2. The third-order valence-corrected chi connectivity index (χ3v) is 4.55. The van der Waals surface area contributed by atoms with Gasteiger partial charge in [-0.05, 0) is 47.2 Å². The lowest BCUT2D eigenvalue weighted by Crippen LogP contribution is -2.01. The van der Waals surface area contributed by atoms with Crippen molar-refractivity contribution in [3.05, 3.63) is 77.3 Å². The second kappa shape index (κ2) is 4.79. The van der Waals surface area contributed by atoms with E-state index in [1.54, 1.807) is 17.5 Å². The Balaban J connectivity index is 1.88. The first kappa shape index (κ1) is 12.2. The van der Waals surface area contributed by atoms with Gasteiger partial charge in [0.05, 0.1) is 5.52 Å². The van der Waals surface area contributed by atoms with Crippen molar-refractivity contribution in [1.29, 1.82) is 0 Å². The van der Waals surface area contributed by atoms with Crippen LogP contribution in [0.25, 0.3) is 21.0 Å². The van der Waals surface area contributed by atoms with Crippen molar-refractivity contribution < 1.29 is 4.79 Å². The van der Waals surface area contributed by atoms with E-state index < -0.39 is 0 Å². The van der Waals surface area contributed by atoms with Crippen molar-refractivity contribution in [2.45, 2.75) is 0 Å². The maximum absolute atomic E-state index is 12.8. The third kappa shape index (κ3) is 2.03. The van der Waals surface area contributed by atoms with Crippen LogP contribution in [0.2, 0.25) is 0 Å². The maximum Gasteiger partial charge on any atom is 0.194 e. The van der Waals surface area contributed by atoms with E-state index >= 15 is 0 Å². The molecule has 2 nitrogen and oxygen atoms in total. The molecule has 2 aromatic heterocycles. The molecule has 4 aromatic rings. The lowest BCUT2D eigenvalue weighted by molar-refractivity contribution is 0.104. The summed E-state index contributed by atoms with van der Waals surface area (Å²) in [6.45, 7) is 0. The van der Waals surface area contributed by atoms with Crippen molar-refractivity contribution in [1.82, 2.24) is 4.98 Å². The Kier molecular flexibility index (Phi) is 2.79. The molecule has 0 aliphatic carbocycles. The summed E-state index contributed by atoms with van der Waals surface area (Å²) in [6.07, 6.45) is 1.76. The van der Waals surface area contributed by atoms with Gasteiger partial charge in [0.15, 0.2) is 5.78 Å². The van der Waals surface area contributed by atoms with Crippen LogP contribution in [0.1, 0.15) is 15.9 Å². The van der Waals surface area contributed by atoms with E-state index in [0.717, 1.165) is 26.6 Å². The summed E-state index contributed by atoms with van der Waals surface area (Å²) in [5, 5.41) is 4.13. The zero-order chi connectivity index (χ0) is 14.2. The van der Waals surface area contributed by atoms with E-state index in [1.165, 1.54) is 0 Å². The first-order chi connectivity index (χ1) is 10.3. The minimum absolute atomic E-state index is 0.0637. The van der Waals surface area contributed by atoms with Gasteiger partial charge in [-0.15, -0.1) is 11.3 Å². The molecular weight excluding hydrogens is 278 g/mol. The van der Waals surface area contributed by atoms with Gasteiger partial charge < -0.3 is 0 Å². The van der Waals surface area contributed by atoms with Gasteiger partial charge in [0.1, 0.15) is 0 Å². The number of hydrogen-bond donors (Lipinski definition) is 0. The Hall–Kier alpha value is -2.52. The molecule has 100 valence electrons. The monoisotopic (exact) mass is 289 g/mol. The highest BCUT2D eigenvalue weighted by Crippen LogP contribution is 2.27. The zero-order valence-corrected chi connectivity index (χ0v) is 11.9. The first-order valence-electron chi connectivity index (χ1n) is 6.69. The van der Waals surface area contributed by atoms with Crippen LogP contribution >= 0.6 is 11.3 Å². The molecule has 0 saturated carbocycles. The average molecular weight is 289 g/mol. The SMILES string of the molecule is O=C(c1ccc2ncccc2c1)c1cccc2ccsc12. The minimum Gasteiger partial charge on any atom is -0.289 e. The summed E-state index contributed by atoms with van der Waals surface area (Å²) in [5.41, 5.74) is 2.38. The zero-order valence-electron chi connectivity index (χ0n) is 11.1. The summed E-state index contributed by atoms with van der Waals surface area (Å²) in [7, 11) is 0. The van der Waals surface area contributed by atoms with Crippen molar-refractivity contribution in [3.8, 4) is 0 Å². The fourth-order valence-corrected chi connectivity index (χ4v) is 3.45. The molecule has 0 saturated heterocycles. The number of nitrogens with zero attached hydrogens (tertiary/aromatic N) is 1. The predicted octanol–water partition coefficient (Wildman–Crippen LogP) is 4.68. The van der Waals surface area contributed by atoms with Crippen molar-refractivity contribution in [2.24, 2.45) is 0 Å². The number of thiophene rings is 1. The molecule has 0 spiro atoms. The smallest absolute Gasteiger partial charge is 0.194 e. The van der Waals surface area contributed by atoms with Crippen LogP contribution in [0.3, 0.4) is 0 Å². The van der Waals surface area contributed by atoms with E-state index in [1.807, 2.05) is 60.0 Å². The lowest BCUT2D eigenvalue weighted by Gasteiger charge is -2.04. The average Bonchev–Trinajstić information content (AvgIpc) is 3.02. The summed E-state index contributed by atoms with van der Waals surface area (Å²) in [6, 6.07) is 17.4. The molecule has 0 aliphatic heterocycles. The standard InChI is InChI=1S/C18H11NOS/c20-17(15-5-1-3-12-8-10-21-18(12)15)14-6-7-16-13(11-14)4-2-9-19-16/h1-11H. The molecule has 0 aliphatic rings. The maximum atomic E-state index is 12.8. The topological polar surface area (TPSA) is 30.0 Å². The lowest BCUT2D eigenvalue weighted by atomic mass is 10.0. The van der Waals surface area contributed by atoms with Crippen LogP contribution in [-0.4, -0.2) is 10.8 Å². The van der Waals surface area contributed by atoms with Gasteiger partial charge in [-0.1, -0.05) is 18.2 Å². The first-order valence-corrected chi connectivity index (χ1v) is 7.56. The molecule has 0 radical (unpaired) electrons. The van der Waals surface area contributed by atoms with E-state index in [2.05, 4.69) is 4.98 Å². The van der Waals surface area contributed by atoms with Gasteiger partial charge in [0, 0.05) is 27.4 Å². The van der Waals surface area contributed by atoms with Gasteiger partial charge >= 0.3 is 0 Å². The van der Waals surface area contributed by atoms with Crippen molar-refractivity contribution in [3.63, 3.8) is 0 Å². The van der Waals surface area contributed by atoms with Crippen LogP contribution in [0.4, 0.5) is 0 Å². The minimum atomic E-state index is 0.0637. The highest BCUT2D eigenvalue weighted by molar-refractivity contribution is 7.17.